The molecule has 2 atom stereocenters. The van der Waals surface area contributed by atoms with E-state index in [9.17, 15) is 18.4 Å². The third-order valence-electron chi connectivity index (χ3n) is 4.39. The lowest BCUT2D eigenvalue weighted by molar-refractivity contribution is -0.138. The van der Waals surface area contributed by atoms with E-state index in [-0.39, 0.29) is 23.4 Å². The molecule has 3 rings (SSSR count). The molecule has 1 heterocycles. The number of nitrogens with one attached hydrogen (secondary N) is 1. The van der Waals surface area contributed by atoms with Gasteiger partial charge in [0.25, 0.3) is 5.91 Å². The van der Waals surface area contributed by atoms with Crippen LogP contribution in [0.4, 0.5) is 14.5 Å². The van der Waals surface area contributed by atoms with Crippen molar-refractivity contribution in [3.63, 3.8) is 0 Å². The highest BCUT2D eigenvalue weighted by molar-refractivity contribution is 6.10. The molecule has 2 aliphatic rings. The van der Waals surface area contributed by atoms with Crippen LogP contribution in [-0.2, 0) is 9.59 Å². The summed E-state index contributed by atoms with van der Waals surface area (Å²) in [6.07, 6.45) is 1.75. The summed E-state index contributed by atoms with van der Waals surface area (Å²) in [5.74, 6) is -2.47. The van der Waals surface area contributed by atoms with Gasteiger partial charge in [0.15, 0.2) is 11.6 Å². The van der Waals surface area contributed by atoms with Gasteiger partial charge in [-0.15, -0.1) is 0 Å². The summed E-state index contributed by atoms with van der Waals surface area (Å²) in [5, 5.41) is 2.78. The Morgan fingerprint density at radius 3 is 2.48 bits per heavy atom. The number of rotatable bonds is 2. The lowest BCUT2D eigenvalue weighted by Gasteiger charge is -2.43. The fourth-order valence-electron chi connectivity index (χ4n) is 2.87. The molecule has 112 valence electrons. The normalized spacial score (nSPS) is 29.5. The molecule has 2 amide bonds. The number of nitrogens with zero attached hydrogens (tertiary/aromatic N) is 1. The van der Waals surface area contributed by atoms with Crippen molar-refractivity contribution in [2.75, 3.05) is 4.90 Å². The molecule has 2 unspecified atom stereocenters. The highest BCUT2D eigenvalue weighted by Gasteiger charge is 2.54. The second-order valence-electron chi connectivity index (χ2n) is 5.92. The van der Waals surface area contributed by atoms with Gasteiger partial charge in [0.1, 0.15) is 11.6 Å². The zero-order chi connectivity index (χ0) is 15.4. The SMILES string of the molecule is CC1C(=O)NC(C)(C2CC2)C(=O)N1c1ccc(F)c(F)c1. The number of piperazine rings is 1. The van der Waals surface area contributed by atoms with E-state index in [4.69, 9.17) is 0 Å². The topological polar surface area (TPSA) is 49.4 Å². The molecule has 0 radical (unpaired) electrons. The Balaban J connectivity index is 2.03. The fraction of sp³-hybridized carbons (Fsp3) is 0.467. The Morgan fingerprint density at radius 1 is 1.24 bits per heavy atom. The Bertz CT molecular complexity index is 630. The van der Waals surface area contributed by atoms with Gasteiger partial charge in [0.05, 0.1) is 0 Å². The summed E-state index contributed by atoms with van der Waals surface area (Å²) in [6.45, 7) is 3.27. The van der Waals surface area contributed by atoms with Crippen LogP contribution in [0, 0.1) is 17.6 Å². The molecule has 1 N–H and O–H groups in total. The number of halogens is 2. The number of carbonyl (C=O) groups is 2. The van der Waals surface area contributed by atoms with Gasteiger partial charge >= 0.3 is 0 Å². The maximum atomic E-state index is 13.4. The van der Waals surface area contributed by atoms with E-state index in [2.05, 4.69) is 5.32 Å². The zero-order valence-corrected chi connectivity index (χ0v) is 11.8. The average Bonchev–Trinajstić information content (AvgIpc) is 3.26. The van der Waals surface area contributed by atoms with Crippen molar-refractivity contribution in [2.45, 2.75) is 38.3 Å². The van der Waals surface area contributed by atoms with Crippen LogP contribution in [0.5, 0.6) is 0 Å². The molecule has 1 aliphatic carbocycles. The van der Waals surface area contributed by atoms with Gasteiger partial charge in [-0.2, -0.15) is 0 Å². The number of anilines is 1. The van der Waals surface area contributed by atoms with Gasteiger partial charge in [-0.05, 0) is 44.7 Å². The van der Waals surface area contributed by atoms with Gasteiger partial charge in [-0.25, -0.2) is 8.78 Å². The van der Waals surface area contributed by atoms with E-state index in [0.29, 0.717) is 0 Å². The first-order valence-electron chi connectivity index (χ1n) is 6.95. The number of benzene rings is 1. The van der Waals surface area contributed by atoms with Crippen molar-refractivity contribution in [3.05, 3.63) is 29.8 Å². The van der Waals surface area contributed by atoms with E-state index in [1.807, 2.05) is 0 Å². The lowest BCUT2D eigenvalue weighted by Crippen LogP contribution is -2.69. The minimum absolute atomic E-state index is 0.106. The summed E-state index contributed by atoms with van der Waals surface area (Å²) in [6, 6.07) is 2.48. The molecule has 1 saturated carbocycles. The minimum atomic E-state index is -1.04. The first-order chi connectivity index (χ1) is 9.84. The standard InChI is InChI=1S/C15H16F2N2O2/c1-8-13(20)18-15(2,9-3-4-9)14(21)19(8)10-5-6-11(16)12(17)7-10/h5-9H,3-4H2,1-2H3,(H,18,20). The predicted molar refractivity (Wildman–Crippen MR) is 72.6 cm³/mol. The van der Waals surface area contributed by atoms with Crippen molar-refractivity contribution < 1.29 is 18.4 Å². The molecule has 1 saturated heterocycles. The molecule has 1 aliphatic heterocycles. The Labute approximate surface area is 121 Å². The summed E-state index contributed by atoms with van der Waals surface area (Å²) in [5.41, 5.74) is -0.762. The van der Waals surface area contributed by atoms with Crippen LogP contribution in [0.15, 0.2) is 18.2 Å². The molecule has 0 bridgehead atoms. The van der Waals surface area contributed by atoms with Crippen LogP contribution in [-0.4, -0.2) is 23.4 Å². The summed E-state index contributed by atoms with van der Waals surface area (Å²) >= 11 is 0. The van der Waals surface area contributed by atoms with Crippen molar-refractivity contribution >= 4 is 17.5 Å². The quantitative estimate of drug-likeness (QED) is 0.907. The van der Waals surface area contributed by atoms with Crippen molar-refractivity contribution in [3.8, 4) is 0 Å². The second-order valence-corrected chi connectivity index (χ2v) is 5.92. The highest BCUT2D eigenvalue weighted by Crippen LogP contribution is 2.43. The van der Waals surface area contributed by atoms with E-state index in [1.165, 1.54) is 11.0 Å². The molecule has 4 nitrogen and oxygen atoms in total. The second kappa shape index (κ2) is 4.51. The molecule has 2 fully saturated rings. The maximum Gasteiger partial charge on any atom is 0.253 e. The van der Waals surface area contributed by atoms with Crippen molar-refractivity contribution in [1.29, 1.82) is 0 Å². The van der Waals surface area contributed by atoms with Crippen molar-refractivity contribution in [1.82, 2.24) is 5.32 Å². The van der Waals surface area contributed by atoms with Crippen LogP contribution in [0.25, 0.3) is 0 Å². The Hall–Kier alpha value is -1.98. The molecule has 0 aromatic heterocycles. The average molecular weight is 294 g/mol. The van der Waals surface area contributed by atoms with Crippen LogP contribution >= 0.6 is 0 Å². The predicted octanol–water partition coefficient (Wildman–Crippen LogP) is 1.98. The maximum absolute atomic E-state index is 13.4. The van der Waals surface area contributed by atoms with Gasteiger partial charge in [0, 0.05) is 11.8 Å². The molecule has 21 heavy (non-hydrogen) atoms. The smallest absolute Gasteiger partial charge is 0.253 e. The first-order valence-corrected chi connectivity index (χ1v) is 6.95. The van der Waals surface area contributed by atoms with Gasteiger partial charge < -0.3 is 5.32 Å². The number of hydrogen-bond acceptors (Lipinski definition) is 2. The number of hydrogen-bond donors (Lipinski definition) is 1. The largest absolute Gasteiger partial charge is 0.340 e. The third kappa shape index (κ3) is 2.09. The third-order valence-corrected chi connectivity index (χ3v) is 4.39. The van der Waals surface area contributed by atoms with Crippen LogP contribution in [0.2, 0.25) is 0 Å². The van der Waals surface area contributed by atoms with Crippen LogP contribution in [0.3, 0.4) is 0 Å². The summed E-state index contributed by atoms with van der Waals surface area (Å²) < 4.78 is 26.5. The van der Waals surface area contributed by atoms with E-state index >= 15 is 0 Å². The van der Waals surface area contributed by atoms with E-state index in [1.54, 1.807) is 13.8 Å². The number of amides is 2. The minimum Gasteiger partial charge on any atom is -0.340 e. The molecule has 1 aromatic carbocycles. The molecule has 1 aromatic rings. The van der Waals surface area contributed by atoms with Crippen molar-refractivity contribution in [2.24, 2.45) is 5.92 Å². The molecule has 6 heteroatoms. The van der Waals surface area contributed by atoms with Gasteiger partial charge in [0.2, 0.25) is 5.91 Å². The van der Waals surface area contributed by atoms with Crippen LogP contribution < -0.4 is 10.2 Å². The van der Waals surface area contributed by atoms with Gasteiger partial charge in [-0.3, -0.25) is 14.5 Å². The first kappa shape index (κ1) is 14.0. The van der Waals surface area contributed by atoms with E-state index < -0.39 is 23.2 Å². The summed E-state index contributed by atoms with van der Waals surface area (Å²) in [7, 11) is 0. The lowest BCUT2D eigenvalue weighted by atomic mass is 9.89. The zero-order valence-electron chi connectivity index (χ0n) is 11.8. The Kier molecular flexibility index (Phi) is 3.00. The fourth-order valence-corrected chi connectivity index (χ4v) is 2.87. The highest BCUT2D eigenvalue weighted by atomic mass is 19.2. The monoisotopic (exact) mass is 294 g/mol. The van der Waals surface area contributed by atoms with Gasteiger partial charge in [-0.1, -0.05) is 0 Å². The van der Waals surface area contributed by atoms with E-state index in [0.717, 1.165) is 25.0 Å². The molecular weight excluding hydrogens is 278 g/mol. The molecule has 0 spiro atoms. The summed E-state index contributed by atoms with van der Waals surface area (Å²) in [4.78, 5) is 26.2. The molecular formula is C15H16F2N2O2. The number of carbonyl (C=O) groups excluding carboxylic acids is 2. The van der Waals surface area contributed by atoms with Crippen LogP contribution in [0.1, 0.15) is 26.7 Å². The Morgan fingerprint density at radius 2 is 1.90 bits per heavy atom.